The molecule has 3 heterocycles. The van der Waals surface area contributed by atoms with Gasteiger partial charge in [-0.3, -0.25) is 4.79 Å². The second kappa shape index (κ2) is 5.72. The van der Waals surface area contributed by atoms with Gasteiger partial charge in [0.05, 0.1) is 16.8 Å². The van der Waals surface area contributed by atoms with Crippen molar-refractivity contribution in [3.63, 3.8) is 0 Å². The number of anilines is 2. The number of nitrogens with one attached hydrogen (secondary N) is 1. The van der Waals surface area contributed by atoms with Crippen LogP contribution in [0.5, 0.6) is 0 Å². The van der Waals surface area contributed by atoms with Crippen molar-refractivity contribution >= 4 is 28.7 Å². The molecule has 0 spiro atoms. The molecule has 1 aliphatic heterocycles. The fraction of sp³-hybridized carbons (Fsp3) is 0.412. The maximum absolute atomic E-state index is 12.3. The van der Waals surface area contributed by atoms with E-state index < -0.39 is 0 Å². The molecule has 0 atom stereocenters. The van der Waals surface area contributed by atoms with Gasteiger partial charge in [0.25, 0.3) is 5.91 Å². The van der Waals surface area contributed by atoms with Gasteiger partial charge in [0, 0.05) is 18.0 Å². The number of amides is 1. The third-order valence-corrected chi connectivity index (χ3v) is 5.64. The second-order valence-electron chi connectivity index (χ2n) is 5.97. The molecule has 2 aliphatic rings. The van der Waals surface area contributed by atoms with E-state index in [9.17, 15) is 4.79 Å². The highest BCUT2D eigenvalue weighted by molar-refractivity contribution is 7.14. The first-order valence-corrected chi connectivity index (χ1v) is 8.75. The zero-order chi connectivity index (χ0) is 14.9. The number of aryl methyl sites for hydroxylation is 2. The summed E-state index contributed by atoms with van der Waals surface area (Å²) in [5.74, 6) is 0.987. The van der Waals surface area contributed by atoms with Crippen LogP contribution < -0.4 is 10.2 Å². The lowest BCUT2D eigenvalue weighted by Crippen LogP contribution is -2.19. The number of carbonyl (C=O) groups excluding carboxylic acids is 1. The number of hydrogen-bond acceptors (Lipinski definition) is 4. The first-order valence-electron chi connectivity index (χ1n) is 7.93. The van der Waals surface area contributed by atoms with Gasteiger partial charge in [-0.05, 0) is 55.9 Å². The van der Waals surface area contributed by atoms with Crippen LogP contribution in [0.15, 0.2) is 24.4 Å². The van der Waals surface area contributed by atoms with Crippen molar-refractivity contribution in [3.8, 4) is 0 Å². The molecular weight excluding hydrogens is 294 g/mol. The molecule has 22 heavy (non-hydrogen) atoms. The van der Waals surface area contributed by atoms with Crippen LogP contribution in [-0.4, -0.2) is 24.0 Å². The molecular formula is C17H19N3OS. The van der Waals surface area contributed by atoms with Crippen LogP contribution in [0.1, 0.15) is 39.4 Å². The first-order chi connectivity index (χ1) is 10.8. The summed E-state index contributed by atoms with van der Waals surface area (Å²) in [6.07, 6.45) is 7.70. The minimum Gasteiger partial charge on any atom is -0.357 e. The molecule has 4 nitrogen and oxygen atoms in total. The monoisotopic (exact) mass is 313 g/mol. The molecule has 1 N–H and O–H groups in total. The van der Waals surface area contributed by atoms with Gasteiger partial charge >= 0.3 is 0 Å². The number of aromatic nitrogens is 1. The maximum Gasteiger partial charge on any atom is 0.265 e. The fourth-order valence-electron chi connectivity index (χ4n) is 3.23. The number of carbonyl (C=O) groups is 1. The summed E-state index contributed by atoms with van der Waals surface area (Å²) in [6.45, 7) is 2.17. The minimum absolute atomic E-state index is 0.0184. The first kappa shape index (κ1) is 13.8. The van der Waals surface area contributed by atoms with E-state index in [0.29, 0.717) is 0 Å². The van der Waals surface area contributed by atoms with Crippen molar-refractivity contribution in [3.05, 3.63) is 39.7 Å². The smallest absolute Gasteiger partial charge is 0.265 e. The van der Waals surface area contributed by atoms with Gasteiger partial charge in [0.15, 0.2) is 0 Å². The van der Waals surface area contributed by atoms with E-state index in [0.717, 1.165) is 42.3 Å². The van der Waals surface area contributed by atoms with E-state index in [4.69, 9.17) is 0 Å². The lowest BCUT2D eigenvalue weighted by Gasteiger charge is -2.16. The molecule has 1 amide bonds. The molecule has 0 bridgehead atoms. The molecule has 0 radical (unpaired) electrons. The summed E-state index contributed by atoms with van der Waals surface area (Å²) < 4.78 is 0. The second-order valence-corrected chi connectivity index (χ2v) is 7.10. The highest BCUT2D eigenvalue weighted by atomic mass is 32.1. The third-order valence-electron chi connectivity index (χ3n) is 4.41. The van der Waals surface area contributed by atoms with Crippen LogP contribution in [0.25, 0.3) is 0 Å². The van der Waals surface area contributed by atoms with Gasteiger partial charge in [0.1, 0.15) is 5.82 Å². The quantitative estimate of drug-likeness (QED) is 0.943. The van der Waals surface area contributed by atoms with Crippen molar-refractivity contribution < 1.29 is 4.79 Å². The van der Waals surface area contributed by atoms with Gasteiger partial charge in [0.2, 0.25) is 0 Å². The van der Waals surface area contributed by atoms with Crippen molar-refractivity contribution in [2.75, 3.05) is 23.3 Å². The molecule has 1 aliphatic carbocycles. The number of nitrogens with zero attached hydrogens (tertiary/aromatic N) is 2. The molecule has 0 aromatic carbocycles. The molecule has 5 heteroatoms. The van der Waals surface area contributed by atoms with Crippen molar-refractivity contribution in [2.45, 2.75) is 32.1 Å². The number of hydrogen-bond donors (Lipinski definition) is 1. The summed E-state index contributed by atoms with van der Waals surface area (Å²) in [5, 5.41) is 2.96. The van der Waals surface area contributed by atoms with Crippen LogP contribution in [0.3, 0.4) is 0 Å². The van der Waals surface area contributed by atoms with Crippen LogP contribution >= 0.6 is 11.3 Å². The van der Waals surface area contributed by atoms with E-state index in [1.54, 1.807) is 17.5 Å². The number of fused-ring (bicyclic) bond motifs is 1. The van der Waals surface area contributed by atoms with Crippen LogP contribution in [0.4, 0.5) is 11.5 Å². The average Bonchev–Trinajstić information content (AvgIpc) is 3.24. The van der Waals surface area contributed by atoms with Gasteiger partial charge in [-0.25, -0.2) is 4.98 Å². The molecule has 0 saturated carbocycles. The summed E-state index contributed by atoms with van der Waals surface area (Å²) in [4.78, 5) is 21.3. The summed E-state index contributed by atoms with van der Waals surface area (Å²) in [5.41, 5.74) is 2.12. The van der Waals surface area contributed by atoms with Gasteiger partial charge in [-0.15, -0.1) is 11.3 Å². The van der Waals surface area contributed by atoms with Crippen molar-refractivity contribution in [1.82, 2.24) is 4.98 Å². The highest BCUT2D eigenvalue weighted by Gasteiger charge is 2.19. The lowest BCUT2D eigenvalue weighted by atomic mass is 10.2. The Bertz CT molecular complexity index is 665. The standard InChI is InChI=1S/C17H19N3OS/c21-17(15-10-12-4-3-5-14(12)22-15)19-13-6-7-16(18-11-13)20-8-1-2-9-20/h6-7,10-11H,1-5,8-9H2,(H,19,21). The molecule has 2 aromatic heterocycles. The highest BCUT2D eigenvalue weighted by Crippen LogP contribution is 2.31. The van der Waals surface area contributed by atoms with Gasteiger partial charge in [-0.1, -0.05) is 0 Å². The number of pyridine rings is 1. The van der Waals surface area contributed by atoms with E-state index >= 15 is 0 Å². The number of rotatable bonds is 3. The Morgan fingerprint density at radius 3 is 2.77 bits per heavy atom. The minimum atomic E-state index is -0.0184. The average molecular weight is 313 g/mol. The molecule has 114 valence electrons. The Morgan fingerprint density at radius 2 is 2.05 bits per heavy atom. The zero-order valence-electron chi connectivity index (χ0n) is 12.5. The number of thiophene rings is 1. The van der Waals surface area contributed by atoms with Crippen LogP contribution in [0.2, 0.25) is 0 Å². The predicted octanol–water partition coefficient (Wildman–Crippen LogP) is 3.48. The normalized spacial score (nSPS) is 16.8. The topological polar surface area (TPSA) is 45.2 Å². The SMILES string of the molecule is O=C(Nc1ccc(N2CCCC2)nc1)c1cc2c(s1)CCC2. The Labute approximate surface area is 134 Å². The van der Waals surface area contributed by atoms with Crippen LogP contribution in [0, 0.1) is 0 Å². The Kier molecular flexibility index (Phi) is 3.58. The lowest BCUT2D eigenvalue weighted by molar-refractivity contribution is 0.103. The Morgan fingerprint density at radius 1 is 1.18 bits per heavy atom. The molecule has 1 saturated heterocycles. The molecule has 0 unspecified atom stereocenters. The molecule has 1 fully saturated rings. The molecule has 2 aromatic rings. The summed E-state index contributed by atoms with van der Waals surface area (Å²) in [7, 11) is 0. The van der Waals surface area contributed by atoms with Gasteiger partial charge < -0.3 is 10.2 Å². The van der Waals surface area contributed by atoms with Crippen LogP contribution in [-0.2, 0) is 12.8 Å². The molecule has 4 rings (SSSR count). The maximum atomic E-state index is 12.3. The third kappa shape index (κ3) is 2.61. The van der Waals surface area contributed by atoms with Crippen molar-refractivity contribution in [1.29, 1.82) is 0 Å². The zero-order valence-corrected chi connectivity index (χ0v) is 13.3. The summed E-state index contributed by atoms with van der Waals surface area (Å²) in [6, 6.07) is 5.99. The Balaban J connectivity index is 1.44. The van der Waals surface area contributed by atoms with E-state index in [1.807, 2.05) is 18.2 Å². The predicted molar refractivity (Wildman–Crippen MR) is 90.0 cm³/mol. The van der Waals surface area contributed by atoms with E-state index in [2.05, 4.69) is 15.2 Å². The largest absolute Gasteiger partial charge is 0.357 e. The van der Waals surface area contributed by atoms with Crippen molar-refractivity contribution in [2.24, 2.45) is 0 Å². The summed E-state index contributed by atoms with van der Waals surface area (Å²) >= 11 is 1.63. The van der Waals surface area contributed by atoms with Gasteiger partial charge in [-0.2, -0.15) is 0 Å². The van der Waals surface area contributed by atoms with E-state index in [-0.39, 0.29) is 5.91 Å². The fourth-order valence-corrected chi connectivity index (χ4v) is 4.38. The van der Waals surface area contributed by atoms with E-state index in [1.165, 1.54) is 29.7 Å². The Hall–Kier alpha value is -1.88.